The Hall–Kier alpha value is -1.50. The largest absolute Gasteiger partial charge is 0.337 e. The lowest BCUT2D eigenvalue weighted by Crippen LogP contribution is -2.55. The minimum Gasteiger partial charge on any atom is -0.337 e. The van der Waals surface area contributed by atoms with Gasteiger partial charge in [-0.1, -0.05) is 11.6 Å². The van der Waals surface area contributed by atoms with Gasteiger partial charge in [0.25, 0.3) is 0 Å². The first-order valence-electron chi connectivity index (χ1n) is 12.2. The number of piperidine rings is 1. The first-order valence-corrected chi connectivity index (χ1v) is 14.9. The van der Waals surface area contributed by atoms with E-state index in [2.05, 4.69) is 14.9 Å². The first-order chi connectivity index (χ1) is 16.7. The van der Waals surface area contributed by atoms with E-state index >= 15 is 0 Å². The molecule has 0 aliphatic carbocycles. The molecule has 12 heteroatoms. The maximum atomic E-state index is 13.2. The Morgan fingerprint density at radius 2 is 2.00 bits per heavy atom. The third-order valence-electron chi connectivity index (χ3n) is 7.02. The van der Waals surface area contributed by atoms with E-state index in [-0.39, 0.29) is 24.4 Å². The van der Waals surface area contributed by atoms with Gasteiger partial charge in [-0.05, 0) is 63.9 Å². The van der Waals surface area contributed by atoms with Crippen LogP contribution in [0.15, 0.2) is 17.5 Å². The lowest BCUT2D eigenvalue weighted by molar-refractivity contribution is -0.143. The van der Waals surface area contributed by atoms with Crippen molar-refractivity contribution in [1.29, 1.82) is 0 Å². The second-order valence-electron chi connectivity index (χ2n) is 9.48. The highest BCUT2D eigenvalue weighted by molar-refractivity contribution is 7.92. The lowest BCUT2D eigenvalue weighted by Gasteiger charge is -2.34. The zero-order valence-corrected chi connectivity index (χ0v) is 22.4. The number of halogens is 1. The molecule has 35 heavy (non-hydrogen) atoms. The van der Waals surface area contributed by atoms with Crippen molar-refractivity contribution < 1.29 is 18.0 Å². The number of nitrogens with one attached hydrogen (secondary N) is 2. The third-order valence-corrected chi connectivity index (χ3v) is 9.32. The van der Waals surface area contributed by atoms with E-state index in [1.807, 2.05) is 11.9 Å². The zero-order chi connectivity index (χ0) is 25.0. The van der Waals surface area contributed by atoms with Crippen LogP contribution in [0.5, 0.6) is 0 Å². The molecule has 1 unspecified atom stereocenters. The standard InChI is InChI=1S/C23H34ClN5O4S2/c1-25-17-8-12-27(14-17)15-18-4-2-11-29(18)22(30)16-28-10-3-5-20(23(28)31)26-35(32,33)13-9-19-6-7-21(24)34-19/h6-7,9,13,17-18,20,25-26H,2-5,8,10-12,14-16H2,1H3/b13-9+/t17?,18-,20-/m0/s1. The summed E-state index contributed by atoms with van der Waals surface area (Å²) in [6, 6.07) is 3.23. The van der Waals surface area contributed by atoms with Crippen LogP contribution in [0.25, 0.3) is 6.08 Å². The minimum atomic E-state index is -3.82. The van der Waals surface area contributed by atoms with Crippen molar-refractivity contribution in [3.63, 3.8) is 0 Å². The quantitative estimate of drug-likeness (QED) is 0.490. The lowest BCUT2D eigenvalue weighted by atomic mass is 10.1. The molecule has 3 fully saturated rings. The van der Waals surface area contributed by atoms with Crippen LogP contribution in [-0.2, 0) is 19.6 Å². The van der Waals surface area contributed by atoms with Gasteiger partial charge < -0.3 is 15.1 Å². The van der Waals surface area contributed by atoms with Crippen LogP contribution in [-0.4, -0.2) is 99.4 Å². The van der Waals surface area contributed by atoms with Crippen LogP contribution in [0, 0.1) is 0 Å². The molecular weight excluding hydrogens is 510 g/mol. The van der Waals surface area contributed by atoms with Crippen molar-refractivity contribution in [2.24, 2.45) is 0 Å². The molecule has 2 amide bonds. The van der Waals surface area contributed by atoms with Crippen molar-refractivity contribution >= 4 is 50.9 Å². The Morgan fingerprint density at radius 1 is 1.20 bits per heavy atom. The van der Waals surface area contributed by atoms with Gasteiger partial charge in [-0.25, -0.2) is 8.42 Å². The second kappa shape index (κ2) is 11.7. The normalized spacial score (nSPS) is 26.3. The number of nitrogens with zero attached hydrogens (tertiary/aromatic N) is 3. The fraction of sp³-hybridized carbons (Fsp3) is 0.652. The molecular formula is C23H34ClN5O4S2. The Balaban J connectivity index is 1.31. The summed E-state index contributed by atoms with van der Waals surface area (Å²) in [7, 11) is -1.84. The van der Waals surface area contributed by atoms with E-state index in [0.29, 0.717) is 41.2 Å². The van der Waals surface area contributed by atoms with Crippen LogP contribution in [0.1, 0.15) is 37.0 Å². The van der Waals surface area contributed by atoms with E-state index in [4.69, 9.17) is 11.6 Å². The maximum absolute atomic E-state index is 13.2. The number of hydrogen-bond acceptors (Lipinski definition) is 7. The number of sulfonamides is 1. The van der Waals surface area contributed by atoms with Gasteiger partial charge in [0, 0.05) is 48.5 Å². The molecule has 194 valence electrons. The fourth-order valence-corrected chi connectivity index (χ4v) is 7.23. The average Bonchev–Trinajstić information content (AvgIpc) is 3.57. The maximum Gasteiger partial charge on any atom is 0.242 e. The summed E-state index contributed by atoms with van der Waals surface area (Å²) in [4.78, 5) is 32.7. The van der Waals surface area contributed by atoms with Crippen molar-refractivity contribution in [2.75, 3.05) is 46.3 Å². The summed E-state index contributed by atoms with van der Waals surface area (Å²) < 4.78 is 28.1. The van der Waals surface area contributed by atoms with E-state index in [1.165, 1.54) is 22.3 Å². The molecule has 3 aliphatic heterocycles. The molecule has 1 aromatic heterocycles. The average molecular weight is 544 g/mol. The predicted octanol–water partition coefficient (Wildman–Crippen LogP) is 1.57. The van der Waals surface area contributed by atoms with Crippen LogP contribution >= 0.6 is 22.9 Å². The summed E-state index contributed by atoms with van der Waals surface area (Å²) in [6.07, 6.45) is 5.57. The molecule has 0 radical (unpaired) electrons. The number of hydrogen-bond donors (Lipinski definition) is 2. The summed E-state index contributed by atoms with van der Waals surface area (Å²) in [5.74, 6) is -0.393. The van der Waals surface area contributed by atoms with E-state index in [0.717, 1.165) is 44.3 Å². The highest BCUT2D eigenvalue weighted by atomic mass is 35.5. The number of rotatable bonds is 9. The van der Waals surface area contributed by atoms with Crippen molar-refractivity contribution in [1.82, 2.24) is 24.7 Å². The van der Waals surface area contributed by atoms with E-state index in [9.17, 15) is 18.0 Å². The Kier molecular flexibility index (Phi) is 8.88. The molecule has 0 bridgehead atoms. The molecule has 0 aromatic carbocycles. The third kappa shape index (κ3) is 7.05. The zero-order valence-electron chi connectivity index (χ0n) is 20.0. The molecule has 9 nitrogen and oxygen atoms in total. The summed E-state index contributed by atoms with van der Waals surface area (Å²) in [5.41, 5.74) is 0. The molecule has 2 N–H and O–H groups in total. The van der Waals surface area contributed by atoms with Gasteiger partial charge in [0.2, 0.25) is 21.8 Å². The molecule has 4 rings (SSSR count). The summed E-state index contributed by atoms with van der Waals surface area (Å²) in [5, 5.41) is 4.38. The van der Waals surface area contributed by atoms with E-state index in [1.54, 1.807) is 12.1 Å². The highest BCUT2D eigenvalue weighted by Gasteiger charge is 2.36. The number of likely N-dealkylation sites (tertiary alicyclic amines) is 3. The van der Waals surface area contributed by atoms with Crippen molar-refractivity contribution in [3.05, 3.63) is 26.8 Å². The summed E-state index contributed by atoms with van der Waals surface area (Å²) >= 11 is 7.15. The van der Waals surface area contributed by atoms with Crippen LogP contribution in [0.2, 0.25) is 4.34 Å². The SMILES string of the molecule is CNC1CCN(C[C@@H]2CCCN2C(=O)CN2CCC[C@H](NS(=O)(=O)/C=C/c3ccc(Cl)s3)C2=O)C1. The molecule has 3 aliphatic rings. The van der Waals surface area contributed by atoms with Crippen LogP contribution in [0.3, 0.4) is 0 Å². The van der Waals surface area contributed by atoms with Gasteiger partial charge in [0.1, 0.15) is 6.04 Å². The second-order valence-corrected chi connectivity index (χ2v) is 12.8. The van der Waals surface area contributed by atoms with Gasteiger partial charge in [-0.3, -0.25) is 14.5 Å². The Morgan fingerprint density at radius 3 is 2.71 bits per heavy atom. The molecule has 0 saturated carbocycles. The van der Waals surface area contributed by atoms with Gasteiger partial charge in [-0.2, -0.15) is 4.72 Å². The van der Waals surface area contributed by atoms with Crippen molar-refractivity contribution in [2.45, 2.75) is 50.2 Å². The number of carbonyl (C=O) groups excluding carboxylic acids is 2. The molecule has 3 saturated heterocycles. The van der Waals surface area contributed by atoms with Gasteiger partial charge in [0.15, 0.2) is 0 Å². The number of likely N-dealkylation sites (N-methyl/N-ethyl adjacent to an activating group) is 1. The number of carbonyl (C=O) groups is 2. The van der Waals surface area contributed by atoms with Gasteiger partial charge >= 0.3 is 0 Å². The Bertz CT molecular complexity index is 1050. The summed E-state index contributed by atoms with van der Waals surface area (Å²) in [6.45, 7) is 4.06. The van der Waals surface area contributed by atoms with Crippen molar-refractivity contribution in [3.8, 4) is 0 Å². The van der Waals surface area contributed by atoms with Crippen LogP contribution in [0.4, 0.5) is 0 Å². The highest BCUT2D eigenvalue weighted by Crippen LogP contribution is 2.24. The number of amides is 2. The predicted molar refractivity (Wildman–Crippen MR) is 139 cm³/mol. The van der Waals surface area contributed by atoms with Gasteiger partial charge in [0.05, 0.1) is 10.9 Å². The van der Waals surface area contributed by atoms with E-state index < -0.39 is 16.1 Å². The molecule has 3 atom stereocenters. The minimum absolute atomic E-state index is 0.00373. The smallest absolute Gasteiger partial charge is 0.242 e. The van der Waals surface area contributed by atoms with Crippen LogP contribution < -0.4 is 10.0 Å². The number of thiophene rings is 1. The molecule has 0 spiro atoms. The van der Waals surface area contributed by atoms with Gasteiger partial charge in [-0.15, -0.1) is 11.3 Å². The monoisotopic (exact) mass is 543 g/mol. The fourth-order valence-electron chi connectivity index (χ4n) is 5.16. The first kappa shape index (κ1) is 26.6. The topological polar surface area (TPSA) is 102 Å². The Labute approximate surface area is 216 Å². The molecule has 1 aromatic rings. The molecule has 4 heterocycles.